The molecular weight excluding hydrogens is 472 g/mol. The van der Waals surface area contributed by atoms with Crippen LogP contribution < -0.4 is 0 Å². The Bertz CT molecular complexity index is 505. The molecule has 0 fully saturated rings. The van der Waals surface area contributed by atoms with E-state index in [0.29, 0.717) is 12.8 Å². The highest BCUT2D eigenvalue weighted by Gasteiger charge is 2.14. The first kappa shape index (κ1) is 36.9. The molecule has 38 heavy (non-hydrogen) atoms. The molecule has 0 rings (SSSR count). The molecule has 0 aromatic heterocycles. The zero-order valence-corrected chi connectivity index (χ0v) is 25.8. The maximum Gasteiger partial charge on any atom is 0.306 e. The van der Waals surface area contributed by atoms with E-state index in [9.17, 15) is 9.59 Å². The minimum absolute atomic E-state index is 0.0322. The van der Waals surface area contributed by atoms with Gasteiger partial charge < -0.3 is 9.84 Å². The first-order valence-electron chi connectivity index (χ1n) is 17.0. The minimum Gasteiger partial charge on any atom is -0.481 e. The largest absolute Gasteiger partial charge is 0.481 e. The number of carboxylic acids is 1. The lowest BCUT2D eigenvalue weighted by atomic mass is 10.0. The van der Waals surface area contributed by atoms with E-state index >= 15 is 0 Å². The SMILES string of the molecule is CCCCCCCCCCCCCC(=O)OC(CCCCCC)CCCCCCCCCCCCC(=O)O. The van der Waals surface area contributed by atoms with Gasteiger partial charge in [-0.2, -0.15) is 0 Å². The first-order chi connectivity index (χ1) is 18.6. The molecule has 0 spiro atoms. The Kier molecular flexibility index (Phi) is 29.6. The molecule has 0 radical (unpaired) electrons. The molecule has 4 nitrogen and oxygen atoms in total. The van der Waals surface area contributed by atoms with E-state index in [1.807, 2.05) is 0 Å². The van der Waals surface area contributed by atoms with E-state index in [1.165, 1.54) is 128 Å². The van der Waals surface area contributed by atoms with E-state index in [0.717, 1.165) is 44.9 Å². The van der Waals surface area contributed by atoms with Gasteiger partial charge in [0.15, 0.2) is 0 Å². The summed E-state index contributed by atoms with van der Waals surface area (Å²) in [6, 6.07) is 0. The standard InChI is InChI=1S/C34H66O4/c1-3-5-7-9-10-11-12-17-20-23-27-31-34(37)38-32(28-24-8-6-4-2)29-25-21-18-15-13-14-16-19-22-26-30-33(35)36/h32H,3-31H2,1-2H3,(H,35,36). The summed E-state index contributed by atoms with van der Waals surface area (Å²) in [5.74, 6) is -0.642. The Labute approximate surface area is 237 Å². The second-order valence-corrected chi connectivity index (χ2v) is 11.7. The molecule has 0 aliphatic carbocycles. The van der Waals surface area contributed by atoms with Gasteiger partial charge in [-0.3, -0.25) is 9.59 Å². The number of rotatable bonds is 31. The van der Waals surface area contributed by atoms with Crippen LogP contribution in [0.3, 0.4) is 0 Å². The highest BCUT2D eigenvalue weighted by atomic mass is 16.5. The fraction of sp³-hybridized carbons (Fsp3) is 0.941. The third-order valence-corrected chi connectivity index (χ3v) is 7.83. The number of carbonyl (C=O) groups is 2. The Hall–Kier alpha value is -1.06. The molecule has 0 amide bonds. The summed E-state index contributed by atoms with van der Waals surface area (Å²) in [5.41, 5.74) is 0. The molecule has 0 saturated carbocycles. The molecule has 0 aliphatic rings. The van der Waals surface area contributed by atoms with Crippen molar-refractivity contribution >= 4 is 11.9 Å². The zero-order chi connectivity index (χ0) is 27.9. The van der Waals surface area contributed by atoms with Crippen molar-refractivity contribution in [2.45, 2.75) is 206 Å². The zero-order valence-electron chi connectivity index (χ0n) is 25.8. The molecule has 0 aromatic carbocycles. The van der Waals surface area contributed by atoms with Crippen molar-refractivity contribution in [3.8, 4) is 0 Å². The van der Waals surface area contributed by atoms with E-state index in [-0.39, 0.29) is 12.1 Å². The normalized spacial score (nSPS) is 12.1. The average molecular weight is 539 g/mol. The van der Waals surface area contributed by atoms with E-state index in [1.54, 1.807) is 0 Å². The third kappa shape index (κ3) is 29.5. The van der Waals surface area contributed by atoms with Crippen molar-refractivity contribution in [2.75, 3.05) is 0 Å². The molecule has 0 heterocycles. The molecule has 4 heteroatoms. The molecule has 1 unspecified atom stereocenters. The summed E-state index contributed by atoms with van der Waals surface area (Å²) in [4.78, 5) is 23.0. The lowest BCUT2D eigenvalue weighted by molar-refractivity contribution is -0.150. The molecule has 1 N–H and O–H groups in total. The molecular formula is C34H66O4. The van der Waals surface area contributed by atoms with Crippen LogP contribution in [0.25, 0.3) is 0 Å². The lowest BCUT2D eigenvalue weighted by Gasteiger charge is -2.18. The Morgan fingerprint density at radius 3 is 1.18 bits per heavy atom. The number of esters is 1. The molecule has 1 atom stereocenters. The summed E-state index contributed by atoms with van der Waals surface area (Å²) >= 11 is 0. The van der Waals surface area contributed by atoms with Gasteiger partial charge >= 0.3 is 11.9 Å². The quantitative estimate of drug-likeness (QED) is 0.0704. The van der Waals surface area contributed by atoms with Gasteiger partial charge in [0.1, 0.15) is 6.10 Å². The van der Waals surface area contributed by atoms with E-state index in [2.05, 4.69) is 13.8 Å². The second kappa shape index (κ2) is 30.5. The molecule has 0 saturated heterocycles. The van der Waals surface area contributed by atoms with Crippen LogP contribution in [0.1, 0.15) is 200 Å². The van der Waals surface area contributed by atoms with Crippen LogP contribution in [0.5, 0.6) is 0 Å². The molecule has 0 aromatic rings. The van der Waals surface area contributed by atoms with Crippen LogP contribution in [-0.2, 0) is 14.3 Å². The number of ether oxygens (including phenoxy) is 1. The topological polar surface area (TPSA) is 63.6 Å². The minimum atomic E-state index is -0.674. The Morgan fingerprint density at radius 1 is 0.474 bits per heavy atom. The third-order valence-electron chi connectivity index (χ3n) is 7.83. The van der Waals surface area contributed by atoms with Crippen molar-refractivity contribution in [1.29, 1.82) is 0 Å². The number of hydrogen-bond acceptors (Lipinski definition) is 3. The van der Waals surface area contributed by atoms with Gasteiger partial charge in [-0.25, -0.2) is 0 Å². The molecule has 0 bridgehead atoms. The highest BCUT2D eigenvalue weighted by Crippen LogP contribution is 2.18. The van der Waals surface area contributed by atoms with Crippen LogP contribution in [0.4, 0.5) is 0 Å². The number of carboxylic acid groups (broad SMARTS) is 1. The Balaban J connectivity index is 3.83. The fourth-order valence-electron chi connectivity index (χ4n) is 5.30. The van der Waals surface area contributed by atoms with Crippen LogP contribution in [0, 0.1) is 0 Å². The summed E-state index contributed by atoms with van der Waals surface area (Å²) in [7, 11) is 0. The second-order valence-electron chi connectivity index (χ2n) is 11.7. The van der Waals surface area contributed by atoms with Crippen LogP contribution in [0.2, 0.25) is 0 Å². The van der Waals surface area contributed by atoms with Crippen LogP contribution >= 0.6 is 0 Å². The van der Waals surface area contributed by atoms with E-state index < -0.39 is 5.97 Å². The maximum absolute atomic E-state index is 12.5. The number of carbonyl (C=O) groups excluding carboxylic acids is 1. The number of unbranched alkanes of at least 4 members (excludes halogenated alkanes) is 22. The average Bonchev–Trinajstić information content (AvgIpc) is 2.90. The van der Waals surface area contributed by atoms with Crippen LogP contribution in [-0.4, -0.2) is 23.1 Å². The maximum atomic E-state index is 12.5. The first-order valence-corrected chi connectivity index (χ1v) is 17.0. The fourth-order valence-corrected chi connectivity index (χ4v) is 5.30. The van der Waals surface area contributed by atoms with Crippen molar-refractivity contribution in [3.63, 3.8) is 0 Å². The van der Waals surface area contributed by atoms with Gasteiger partial charge in [0, 0.05) is 12.8 Å². The summed E-state index contributed by atoms with van der Waals surface area (Å²) in [5, 5.41) is 8.67. The van der Waals surface area contributed by atoms with Crippen molar-refractivity contribution in [3.05, 3.63) is 0 Å². The lowest BCUT2D eigenvalue weighted by Crippen LogP contribution is -2.18. The number of aliphatic carboxylic acids is 1. The number of hydrogen-bond donors (Lipinski definition) is 1. The van der Waals surface area contributed by atoms with Gasteiger partial charge in [0.25, 0.3) is 0 Å². The summed E-state index contributed by atoms with van der Waals surface area (Å²) < 4.78 is 5.95. The molecule has 0 aliphatic heterocycles. The Morgan fingerprint density at radius 2 is 0.789 bits per heavy atom. The van der Waals surface area contributed by atoms with Gasteiger partial charge in [0.05, 0.1) is 0 Å². The van der Waals surface area contributed by atoms with E-state index in [4.69, 9.17) is 9.84 Å². The summed E-state index contributed by atoms with van der Waals surface area (Å²) in [6.07, 6.45) is 34.2. The van der Waals surface area contributed by atoms with Gasteiger partial charge in [0.2, 0.25) is 0 Å². The predicted octanol–water partition coefficient (Wildman–Crippen LogP) is 11.3. The predicted molar refractivity (Wildman–Crippen MR) is 163 cm³/mol. The van der Waals surface area contributed by atoms with Crippen molar-refractivity contribution < 1.29 is 19.4 Å². The summed E-state index contributed by atoms with van der Waals surface area (Å²) in [6.45, 7) is 4.51. The molecule has 226 valence electrons. The monoisotopic (exact) mass is 538 g/mol. The van der Waals surface area contributed by atoms with Gasteiger partial charge in [-0.1, -0.05) is 149 Å². The van der Waals surface area contributed by atoms with Crippen LogP contribution in [0.15, 0.2) is 0 Å². The van der Waals surface area contributed by atoms with Crippen molar-refractivity contribution in [2.24, 2.45) is 0 Å². The smallest absolute Gasteiger partial charge is 0.306 e. The van der Waals surface area contributed by atoms with Gasteiger partial charge in [-0.15, -0.1) is 0 Å². The van der Waals surface area contributed by atoms with Gasteiger partial charge in [-0.05, 0) is 38.5 Å². The highest BCUT2D eigenvalue weighted by molar-refractivity contribution is 5.69. The van der Waals surface area contributed by atoms with Crippen molar-refractivity contribution in [1.82, 2.24) is 0 Å².